The van der Waals surface area contributed by atoms with Crippen molar-refractivity contribution in [3.63, 3.8) is 0 Å². The minimum Gasteiger partial charge on any atom is -0.490 e. The lowest BCUT2D eigenvalue weighted by atomic mass is 9.93. The molecule has 196 valence electrons. The van der Waals surface area contributed by atoms with E-state index in [1.807, 2.05) is 31.2 Å². The van der Waals surface area contributed by atoms with Gasteiger partial charge in [-0.05, 0) is 75.8 Å². The molecule has 2 aliphatic rings. The first kappa shape index (κ1) is 26.0. The van der Waals surface area contributed by atoms with Crippen molar-refractivity contribution in [3.05, 3.63) is 75.8 Å². The average Bonchev–Trinajstić information content (AvgIpc) is 2.91. The van der Waals surface area contributed by atoms with Crippen LogP contribution in [0, 0.1) is 0 Å². The number of rotatable bonds is 7. The highest BCUT2D eigenvalue weighted by Gasteiger charge is 2.40. The monoisotopic (exact) mass is 576 g/mol. The molecular formula is C30H29BrN2O5. The van der Waals surface area contributed by atoms with Gasteiger partial charge in [0.15, 0.2) is 11.5 Å². The second-order valence-electron chi connectivity index (χ2n) is 9.47. The molecule has 1 heterocycles. The Morgan fingerprint density at radius 2 is 1.76 bits per heavy atom. The van der Waals surface area contributed by atoms with Gasteiger partial charge in [0.2, 0.25) is 0 Å². The van der Waals surface area contributed by atoms with Crippen molar-refractivity contribution < 1.29 is 23.9 Å². The van der Waals surface area contributed by atoms with Crippen LogP contribution in [0.1, 0.15) is 50.2 Å². The number of ether oxygens (including phenoxy) is 2. The number of imide groups is 2. The molecule has 7 nitrogen and oxygen atoms in total. The summed E-state index contributed by atoms with van der Waals surface area (Å²) in [5, 5.41) is 4.59. The quantitative estimate of drug-likeness (QED) is 0.261. The zero-order chi connectivity index (χ0) is 26.6. The Kier molecular flexibility index (Phi) is 7.79. The molecule has 1 saturated heterocycles. The van der Waals surface area contributed by atoms with E-state index in [9.17, 15) is 14.4 Å². The van der Waals surface area contributed by atoms with Crippen LogP contribution >= 0.6 is 15.9 Å². The van der Waals surface area contributed by atoms with Crippen molar-refractivity contribution in [2.75, 3.05) is 6.61 Å². The van der Waals surface area contributed by atoms with Gasteiger partial charge in [-0.25, -0.2) is 4.79 Å². The van der Waals surface area contributed by atoms with Gasteiger partial charge in [-0.2, -0.15) is 0 Å². The number of hydrogen-bond donors (Lipinski definition) is 1. The molecule has 0 atom stereocenters. The number of nitrogens with one attached hydrogen (secondary N) is 1. The topological polar surface area (TPSA) is 84.9 Å². The van der Waals surface area contributed by atoms with Crippen LogP contribution in [0.4, 0.5) is 4.79 Å². The average molecular weight is 577 g/mol. The fourth-order valence-corrected chi connectivity index (χ4v) is 5.73. The predicted molar refractivity (Wildman–Crippen MR) is 149 cm³/mol. The molecule has 3 aromatic carbocycles. The van der Waals surface area contributed by atoms with Gasteiger partial charge >= 0.3 is 6.03 Å². The Morgan fingerprint density at radius 3 is 2.55 bits per heavy atom. The molecule has 5 rings (SSSR count). The molecule has 8 heteroatoms. The molecule has 38 heavy (non-hydrogen) atoms. The molecule has 1 N–H and O–H groups in total. The number of fused-ring (bicyclic) bond motifs is 1. The molecule has 0 unspecified atom stereocenters. The number of halogens is 1. The van der Waals surface area contributed by atoms with Crippen LogP contribution in [0.25, 0.3) is 16.8 Å². The van der Waals surface area contributed by atoms with E-state index in [1.165, 1.54) is 11.0 Å². The minimum atomic E-state index is -0.697. The van der Waals surface area contributed by atoms with Crippen molar-refractivity contribution in [1.82, 2.24) is 10.2 Å². The third-order valence-electron chi connectivity index (χ3n) is 6.97. The van der Waals surface area contributed by atoms with Crippen molar-refractivity contribution in [1.29, 1.82) is 0 Å². The van der Waals surface area contributed by atoms with Gasteiger partial charge < -0.3 is 9.47 Å². The summed E-state index contributed by atoms with van der Waals surface area (Å²) in [5.74, 6) is -0.244. The van der Waals surface area contributed by atoms with Crippen LogP contribution < -0.4 is 14.8 Å². The van der Waals surface area contributed by atoms with Crippen LogP contribution in [0.2, 0.25) is 0 Å². The number of nitrogens with zero attached hydrogens (tertiary/aromatic N) is 1. The lowest BCUT2D eigenvalue weighted by molar-refractivity contribution is -0.132. The second-order valence-corrected chi connectivity index (χ2v) is 10.3. The van der Waals surface area contributed by atoms with Crippen molar-refractivity contribution in [3.8, 4) is 11.5 Å². The normalized spacial score (nSPS) is 17.7. The molecule has 1 aliphatic heterocycles. The predicted octanol–water partition coefficient (Wildman–Crippen LogP) is 6.37. The highest BCUT2D eigenvalue weighted by molar-refractivity contribution is 9.10. The third kappa shape index (κ3) is 5.31. The number of amides is 4. The Bertz CT molecular complexity index is 1420. The smallest absolute Gasteiger partial charge is 0.331 e. The van der Waals surface area contributed by atoms with Crippen LogP contribution in [0.3, 0.4) is 0 Å². The fourth-order valence-electron chi connectivity index (χ4n) is 5.15. The first-order valence-corrected chi connectivity index (χ1v) is 13.7. The molecule has 3 aromatic rings. The van der Waals surface area contributed by atoms with E-state index >= 15 is 0 Å². The summed E-state index contributed by atoms with van der Waals surface area (Å²) in [6.07, 6.45) is 6.01. The molecule has 4 amide bonds. The van der Waals surface area contributed by atoms with Gasteiger partial charge in [0.05, 0.1) is 11.1 Å². The van der Waals surface area contributed by atoms with Gasteiger partial charge in [0.25, 0.3) is 11.8 Å². The molecule has 1 aliphatic carbocycles. The van der Waals surface area contributed by atoms with Gasteiger partial charge in [-0.1, -0.05) is 61.7 Å². The van der Waals surface area contributed by atoms with Gasteiger partial charge in [-0.3, -0.25) is 19.8 Å². The van der Waals surface area contributed by atoms with Crippen molar-refractivity contribution >= 4 is 50.6 Å². The standard InChI is InChI=1S/C30H29BrN2O5/c1-2-37-26-17-19(15-24-28(34)32-30(36)33(29(24)35)22-12-4-3-5-13-22)16-25(31)27(26)38-18-21-11-8-10-20-9-6-7-14-23(20)21/h6-11,14-17,22H,2-5,12-13,18H2,1H3,(H,32,34,36). The van der Waals surface area contributed by atoms with E-state index in [2.05, 4.69) is 39.4 Å². The SMILES string of the molecule is CCOc1cc(C=C2C(=O)NC(=O)N(C3CCCCC3)C2=O)cc(Br)c1OCc1cccc2ccccc12. The summed E-state index contributed by atoms with van der Waals surface area (Å²) in [6, 6.07) is 16.9. The zero-order valence-corrected chi connectivity index (χ0v) is 22.8. The zero-order valence-electron chi connectivity index (χ0n) is 21.2. The Hall–Kier alpha value is -3.65. The van der Waals surface area contributed by atoms with Gasteiger partial charge in [0.1, 0.15) is 12.2 Å². The minimum absolute atomic E-state index is 0.0751. The molecule has 0 bridgehead atoms. The van der Waals surface area contributed by atoms with Crippen LogP contribution in [0.5, 0.6) is 11.5 Å². The lowest BCUT2D eigenvalue weighted by Gasteiger charge is -2.35. The maximum Gasteiger partial charge on any atom is 0.331 e. The molecule has 0 spiro atoms. The molecule has 0 radical (unpaired) electrons. The van der Waals surface area contributed by atoms with Gasteiger partial charge in [-0.15, -0.1) is 0 Å². The Morgan fingerprint density at radius 1 is 1.00 bits per heavy atom. The first-order chi connectivity index (χ1) is 18.5. The Labute approximate surface area is 229 Å². The van der Waals surface area contributed by atoms with Crippen molar-refractivity contribution in [2.24, 2.45) is 0 Å². The molecular weight excluding hydrogens is 548 g/mol. The van der Waals surface area contributed by atoms with Crippen LogP contribution in [-0.4, -0.2) is 35.4 Å². The number of urea groups is 1. The summed E-state index contributed by atoms with van der Waals surface area (Å²) in [6.45, 7) is 2.61. The van der Waals surface area contributed by atoms with Crippen LogP contribution in [-0.2, 0) is 16.2 Å². The van der Waals surface area contributed by atoms with Crippen LogP contribution in [0.15, 0.2) is 64.6 Å². The highest BCUT2D eigenvalue weighted by Crippen LogP contribution is 2.39. The maximum absolute atomic E-state index is 13.3. The maximum atomic E-state index is 13.3. The number of hydrogen-bond acceptors (Lipinski definition) is 5. The number of benzene rings is 3. The third-order valence-corrected chi connectivity index (χ3v) is 7.56. The number of carbonyl (C=O) groups is 3. The summed E-state index contributed by atoms with van der Waals surface area (Å²) < 4.78 is 12.7. The van der Waals surface area contributed by atoms with Gasteiger partial charge in [0, 0.05) is 6.04 Å². The summed E-state index contributed by atoms with van der Waals surface area (Å²) in [4.78, 5) is 39.7. The molecule has 1 saturated carbocycles. The Balaban J connectivity index is 1.43. The van der Waals surface area contributed by atoms with E-state index in [1.54, 1.807) is 12.1 Å². The molecule has 2 fully saturated rings. The van der Waals surface area contributed by atoms with E-state index in [0.29, 0.717) is 34.7 Å². The van der Waals surface area contributed by atoms with Crippen molar-refractivity contribution in [2.45, 2.75) is 51.7 Å². The lowest BCUT2D eigenvalue weighted by Crippen LogP contribution is -2.58. The van der Waals surface area contributed by atoms with E-state index in [4.69, 9.17) is 9.47 Å². The summed E-state index contributed by atoms with van der Waals surface area (Å²) >= 11 is 3.59. The highest BCUT2D eigenvalue weighted by atomic mass is 79.9. The molecule has 0 aromatic heterocycles. The van der Waals surface area contributed by atoms with E-state index in [0.717, 1.165) is 48.4 Å². The van der Waals surface area contributed by atoms with E-state index in [-0.39, 0.29) is 11.6 Å². The van der Waals surface area contributed by atoms with E-state index < -0.39 is 17.8 Å². The second kappa shape index (κ2) is 11.4. The summed E-state index contributed by atoms with van der Waals surface area (Å²) in [5.41, 5.74) is 1.55. The summed E-state index contributed by atoms with van der Waals surface area (Å²) in [7, 11) is 0. The number of barbiturate groups is 1. The largest absolute Gasteiger partial charge is 0.490 e. The first-order valence-electron chi connectivity index (χ1n) is 12.9. The fraction of sp³-hybridized carbons (Fsp3) is 0.300. The number of carbonyl (C=O) groups excluding carboxylic acids is 3.